The summed E-state index contributed by atoms with van der Waals surface area (Å²) < 4.78 is 16.5. The highest BCUT2D eigenvalue weighted by Crippen LogP contribution is 2.31. The molecule has 0 aromatic heterocycles. The van der Waals surface area contributed by atoms with Gasteiger partial charge in [0.25, 0.3) is 0 Å². The summed E-state index contributed by atoms with van der Waals surface area (Å²) in [6, 6.07) is 6.19. The molecule has 94 valence electrons. The van der Waals surface area contributed by atoms with Crippen LogP contribution in [-0.2, 0) is 9.47 Å². The Morgan fingerprint density at radius 3 is 2.71 bits per heavy atom. The Morgan fingerprint density at radius 2 is 2.12 bits per heavy atom. The van der Waals surface area contributed by atoms with Crippen molar-refractivity contribution >= 4 is 0 Å². The maximum Gasteiger partial charge on any atom is 0.119 e. The highest BCUT2D eigenvalue weighted by molar-refractivity contribution is 5.39. The molecule has 17 heavy (non-hydrogen) atoms. The van der Waals surface area contributed by atoms with E-state index >= 15 is 0 Å². The monoisotopic (exact) mass is 236 g/mol. The number of hydrogen-bond donors (Lipinski definition) is 0. The molecule has 3 heteroatoms. The van der Waals surface area contributed by atoms with Crippen LogP contribution in [0.3, 0.4) is 0 Å². The molecule has 1 aliphatic heterocycles. The largest absolute Gasteiger partial charge is 0.497 e. The molecule has 0 amide bonds. The van der Waals surface area contributed by atoms with Crippen LogP contribution in [-0.4, -0.2) is 26.9 Å². The van der Waals surface area contributed by atoms with Crippen LogP contribution in [0.1, 0.15) is 37.0 Å². The fourth-order valence-corrected chi connectivity index (χ4v) is 2.15. The number of rotatable bonds is 3. The van der Waals surface area contributed by atoms with Crippen molar-refractivity contribution in [1.82, 2.24) is 0 Å². The van der Waals surface area contributed by atoms with Crippen molar-refractivity contribution in [2.75, 3.05) is 26.9 Å². The van der Waals surface area contributed by atoms with Gasteiger partial charge in [-0.05, 0) is 29.2 Å². The van der Waals surface area contributed by atoms with Gasteiger partial charge >= 0.3 is 0 Å². The maximum absolute atomic E-state index is 5.77. The third-order valence-corrected chi connectivity index (χ3v) is 3.08. The van der Waals surface area contributed by atoms with Crippen molar-refractivity contribution in [3.8, 4) is 5.75 Å². The molecule has 1 heterocycles. The van der Waals surface area contributed by atoms with Crippen LogP contribution in [0.4, 0.5) is 0 Å². The van der Waals surface area contributed by atoms with Gasteiger partial charge in [0.15, 0.2) is 0 Å². The topological polar surface area (TPSA) is 27.7 Å². The molecule has 1 aliphatic rings. The molecule has 1 atom stereocenters. The van der Waals surface area contributed by atoms with E-state index in [1.165, 1.54) is 11.1 Å². The summed E-state index contributed by atoms with van der Waals surface area (Å²) in [7, 11) is 1.69. The zero-order valence-corrected chi connectivity index (χ0v) is 10.7. The molecular formula is C14H20O3. The van der Waals surface area contributed by atoms with Crippen molar-refractivity contribution in [1.29, 1.82) is 0 Å². The maximum atomic E-state index is 5.77. The van der Waals surface area contributed by atoms with E-state index in [2.05, 4.69) is 26.0 Å². The van der Waals surface area contributed by atoms with Gasteiger partial charge in [0.2, 0.25) is 0 Å². The van der Waals surface area contributed by atoms with Crippen LogP contribution < -0.4 is 4.74 Å². The lowest BCUT2D eigenvalue weighted by Crippen LogP contribution is -2.23. The summed E-state index contributed by atoms with van der Waals surface area (Å²) >= 11 is 0. The molecule has 1 fully saturated rings. The second-order valence-electron chi connectivity index (χ2n) is 4.58. The first-order valence-corrected chi connectivity index (χ1v) is 6.09. The second kappa shape index (κ2) is 5.52. The molecule has 1 aromatic rings. The summed E-state index contributed by atoms with van der Waals surface area (Å²) in [5.74, 6) is 1.35. The summed E-state index contributed by atoms with van der Waals surface area (Å²) in [5.41, 5.74) is 2.50. The first-order valence-electron chi connectivity index (χ1n) is 6.09. The van der Waals surface area contributed by atoms with Crippen LogP contribution in [0.15, 0.2) is 18.2 Å². The van der Waals surface area contributed by atoms with Gasteiger partial charge in [-0.1, -0.05) is 19.9 Å². The normalized spacial score (nSPS) is 20.6. The zero-order chi connectivity index (χ0) is 12.3. The molecule has 0 aliphatic carbocycles. The Labute approximate surface area is 103 Å². The van der Waals surface area contributed by atoms with Crippen molar-refractivity contribution in [3.63, 3.8) is 0 Å². The fourth-order valence-electron chi connectivity index (χ4n) is 2.15. The van der Waals surface area contributed by atoms with Crippen molar-refractivity contribution in [2.45, 2.75) is 25.9 Å². The number of benzene rings is 1. The summed E-state index contributed by atoms with van der Waals surface area (Å²) in [4.78, 5) is 0. The van der Waals surface area contributed by atoms with E-state index in [0.717, 1.165) is 5.75 Å². The van der Waals surface area contributed by atoms with Gasteiger partial charge in [0.05, 0.1) is 26.9 Å². The molecule has 1 aromatic carbocycles. The van der Waals surface area contributed by atoms with Gasteiger partial charge in [0.1, 0.15) is 11.9 Å². The van der Waals surface area contributed by atoms with E-state index < -0.39 is 0 Å². The number of ether oxygens (including phenoxy) is 3. The van der Waals surface area contributed by atoms with E-state index in [1.54, 1.807) is 7.11 Å². The first kappa shape index (κ1) is 12.4. The molecule has 0 spiro atoms. The molecule has 0 saturated carbocycles. The smallest absolute Gasteiger partial charge is 0.119 e. The van der Waals surface area contributed by atoms with Gasteiger partial charge in [-0.15, -0.1) is 0 Å². The molecule has 0 radical (unpaired) electrons. The molecule has 2 rings (SSSR count). The van der Waals surface area contributed by atoms with E-state index in [1.807, 2.05) is 6.07 Å². The van der Waals surface area contributed by atoms with Crippen LogP contribution in [0.2, 0.25) is 0 Å². The minimum Gasteiger partial charge on any atom is -0.497 e. The molecule has 0 N–H and O–H groups in total. The highest BCUT2D eigenvalue weighted by Gasteiger charge is 2.21. The SMILES string of the molecule is COc1ccc(C(C)C)c([C@H]2COCCO2)c1. The summed E-state index contributed by atoms with van der Waals surface area (Å²) in [6.07, 6.45) is 0.0382. The lowest BCUT2D eigenvalue weighted by Gasteiger charge is -2.26. The second-order valence-corrected chi connectivity index (χ2v) is 4.58. The van der Waals surface area contributed by atoms with Crippen LogP contribution in [0.5, 0.6) is 5.75 Å². The minimum absolute atomic E-state index is 0.0382. The quantitative estimate of drug-likeness (QED) is 0.807. The lowest BCUT2D eigenvalue weighted by atomic mass is 9.93. The van der Waals surface area contributed by atoms with Crippen LogP contribution >= 0.6 is 0 Å². The summed E-state index contributed by atoms with van der Waals surface area (Å²) in [5, 5.41) is 0. The predicted molar refractivity (Wildman–Crippen MR) is 66.6 cm³/mol. The number of methoxy groups -OCH3 is 1. The minimum atomic E-state index is 0.0382. The standard InChI is InChI=1S/C14H20O3/c1-10(2)12-5-4-11(15-3)8-13(12)14-9-16-6-7-17-14/h4-5,8,10,14H,6-7,9H2,1-3H3/t14-/m1/s1. The van der Waals surface area contributed by atoms with Crippen molar-refractivity contribution < 1.29 is 14.2 Å². The molecule has 0 bridgehead atoms. The Hall–Kier alpha value is -1.06. The van der Waals surface area contributed by atoms with E-state index in [-0.39, 0.29) is 6.10 Å². The zero-order valence-electron chi connectivity index (χ0n) is 10.7. The van der Waals surface area contributed by atoms with Gasteiger partial charge in [-0.2, -0.15) is 0 Å². The van der Waals surface area contributed by atoms with E-state index in [9.17, 15) is 0 Å². The fraction of sp³-hybridized carbons (Fsp3) is 0.571. The van der Waals surface area contributed by atoms with Crippen LogP contribution in [0, 0.1) is 0 Å². The van der Waals surface area contributed by atoms with Gasteiger partial charge in [-0.3, -0.25) is 0 Å². The van der Waals surface area contributed by atoms with Crippen molar-refractivity contribution in [2.24, 2.45) is 0 Å². The Kier molecular flexibility index (Phi) is 4.02. The molecule has 0 unspecified atom stereocenters. The average molecular weight is 236 g/mol. The van der Waals surface area contributed by atoms with Gasteiger partial charge in [0, 0.05) is 0 Å². The van der Waals surface area contributed by atoms with E-state index in [4.69, 9.17) is 14.2 Å². The molecule has 3 nitrogen and oxygen atoms in total. The lowest BCUT2D eigenvalue weighted by molar-refractivity contribution is -0.0905. The molecular weight excluding hydrogens is 216 g/mol. The Morgan fingerprint density at radius 1 is 1.29 bits per heavy atom. The third kappa shape index (κ3) is 2.79. The Balaban J connectivity index is 2.33. The predicted octanol–water partition coefficient (Wildman–Crippen LogP) is 2.91. The molecule has 1 saturated heterocycles. The number of hydrogen-bond acceptors (Lipinski definition) is 3. The third-order valence-electron chi connectivity index (χ3n) is 3.08. The van der Waals surface area contributed by atoms with Crippen LogP contribution in [0.25, 0.3) is 0 Å². The van der Waals surface area contributed by atoms with Gasteiger partial charge in [-0.25, -0.2) is 0 Å². The van der Waals surface area contributed by atoms with Crippen molar-refractivity contribution in [3.05, 3.63) is 29.3 Å². The summed E-state index contributed by atoms with van der Waals surface area (Å²) in [6.45, 7) is 6.37. The highest BCUT2D eigenvalue weighted by atomic mass is 16.6. The van der Waals surface area contributed by atoms with E-state index in [0.29, 0.717) is 25.7 Å². The average Bonchev–Trinajstić information content (AvgIpc) is 2.39. The first-order chi connectivity index (χ1) is 8.22. The van der Waals surface area contributed by atoms with Gasteiger partial charge < -0.3 is 14.2 Å². The Bertz CT molecular complexity index is 368.